The molecular formula is C18H16Cl2N4O. The Hall–Kier alpha value is -2.34. The number of nitrogens with one attached hydrogen (secondary N) is 1. The van der Waals surface area contributed by atoms with E-state index in [0.29, 0.717) is 21.3 Å². The second-order valence-electron chi connectivity index (χ2n) is 5.67. The molecule has 5 nitrogen and oxygen atoms in total. The zero-order valence-electron chi connectivity index (χ0n) is 13.7. The number of aryl methyl sites for hydroxylation is 1. The normalized spacial score (nSPS) is 10.8. The van der Waals surface area contributed by atoms with E-state index in [1.807, 2.05) is 38.1 Å². The van der Waals surface area contributed by atoms with Crippen molar-refractivity contribution >= 4 is 29.1 Å². The van der Waals surface area contributed by atoms with Gasteiger partial charge in [0.25, 0.3) is 5.91 Å². The first kappa shape index (κ1) is 17.5. The Balaban J connectivity index is 2.29. The summed E-state index contributed by atoms with van der Waals surface area (Å²) in [7, 11) is 0. The van der Waals surface area contributed by atoms with E-state index in [-0.39, 0.29) is 5.69 Å². The molecule has 0 aliphatic carbocycles. The van der Waals surface area contributed by atoms with Crippen LogP contribution in [0, 0.1) is 13.8 Å². The first-order chi connectivity index (χ1) is 11.9. The number of benzene rings is 2. The predicted octanol–water partition coefficient (Wildman–Crippen LogP) is 4.07. The van der Waals surface area contributed by atoms with Gasteiger partial charge < -0.3 is 0 Å². The van der Waals surface area contributed by atoms with Crippen LogP contribution in [0.4, 0.5) is 0 Å². The number of carbonyl (C=O) groups excluding carboxylic acids is 1. The van der Waals surface area contributed by atoms with Crippen molar-refractivity contribution in [2.45, 2.75) is 13.8 Å². The number of nitrogen functional groups attached to an aromatic ring is 1. The number of nitrogens with zero attached hydrogens (tertiary/aromatic N) is 2. The van der Waals surface area contributed by atoms with Crippen LogP contribution < -0.4 is 11.3 Å². The summed E-state index contributed by atoms with van der Waals surface area (Å²) in [5.41, 5.74) is 6.52. The van der Waals surface area contributed by atoms with E-state index in [2.05, 4.69) is 10.5 Å². The molecular weight excluding hydrogens is 359 g/mol. The molecule has 0 fully saturated rings. The molecule has 25 heavy (non-hydrogen) atoms. The summed E-state index contributed by atoms with van der Waals surface area (Å²) in [5, 5.41) is 5.39. The van der Waals surface area contributed by atoms with Gasteiger partial charge in [-0.3, -0.25) is 10.2 Å². The molecule has 3 N–H and O–H groups in total. The quantitative estimate of drug-likeness (QED) is 0.412. The maximum atomic E-state index is 12.1. The fraction of sp³-hybridized carbons (Fsp3) is 0.111. The number of hydrogen-bond acceptors (Lipinski definition) is 3. The average molecular weight is 375 g/mol. The smallest absolute Gasteiger partial charge is 0.285 e. The lowest BCUT2D eigenvalue weighted by atomic mass is 10.0. The van der Waals surface area contributed by atoms with Crippen molar-refractivity contribution in [2.24, 2.45) is 5.84 Å². The number of hydrazine groups is 1. The SMILES string of the molecule is Cc1ccc(-c2c(C)c(C(=O)NN)nn2-c2ccc(Cl)cc2Cl)cc1. The summed E-state index contributed by atoms with van der Waals surface area (Å²) >= 11 is 12.3. The molecule has 3 rings (SSSR count). The van der Waals surface area contributed by atoms with Gasteiger partial charge in [-0.15, -0.1) is 0 Å². The monoisotopic (exact) mass is 374 g/mol. The van der Waals surface area contributed by atoms with Gasteiger partial charge in [0.2, 0.25) is 0 Å². The number of nitrogens with two attached hydrogens (primary N) is 1. The minimum absolute atomic E-state index is 0.240. The van der Waals surface area contributed by atoms with Gasteiger partial charge in [-0.25, -0.2) is 10.5 Å². The lowest BCUT2D eigenvalue weighted by molar-refractivity contribution is 0.0947. The van der Waals surface area contributed by atoms with Crippen molar-refractivity contribution in [3.05, 3.63) is 69.3 Å². The van der Waals surface area contributed by atoms with Gasteiger partial charge in [0.1, 0.15) is 0 Å². The molecule has 0 bridgehead atoms. The van der Waals surface area contributed by atoms with Crippen LogP contribution in [0.5, 0.6) is 0 Å². The Morgan fingerprint density at radius 3 is 2.40 bits per heavy atom. The Bertz CT molecular complexity index is 948. The highest BCUT2D eigenvalue weighted by Gasteiger charge is 2.22. The van der Waals surface area contributed by atoms with Crippen molar-refractivity contribution < 1.29 is 4.79 Å². The summed E-state index contributed by atoms with van der Waals surface area (Å²) in [6, 6.07) is 13.1. The number of amides is 1. The van der Waals surface area contributed by atoms with Gasteiger partial charge in [0.05, 0.1) is 16.4 Å². The highest BCUT2D eigenvalue weighted by atomic mass is 35.5. The largest absolute Gasteiger partial charge is 0.289 e. The zero-order valence-corrected chi connectivity index (χ0v) is 15.2. The van der Waals surface area contributed by atoms with E-state index in [9.17, 15) is 4.79 Å². The van der Waals surface area contributed by atoms with Crippen molar-refractivity contribution in [2.75, 3.05) is 0 Å². The van der Waals surface area contributed by atoms with Crippen molar-refractivity contribution in [3.8, 4) is 16.9 Å². The molecule has 2 aromatic carbocycles. The van der Waals surface area contributed by atoms with Crippen LogP contribution in [0.15, 0.2) is 42.5 Å². The average Bonchev–Trinajstić information content (AvgIpc) is 2.92. The highest BCUT2D eigenvalue weighted by Crippen LogP contribution is 2.32. The molecule has 0 aliphatic rings. The molecule has 1 amide bonds. The lowest BCUT2D eigenvalue weighted by Crippen LogP contribution is -2.30. The van der Waals surface area contributed by atoms with Crippen LogP contribution in [-0.2, 0) is 0 Å². The van der Waals surface area contributed by atoms with Gasteiger partial charge in [-0.05, 0) is 32.0 Å². The van der Waals surface area contributed by atoms with E-state index in [0.717, 1.165) is 16.8 Å². The molecule has 128 valence electrons. The van der Waals surface area contributed by atoms with Crippen LogP contribution in [-0.4, -0.2) is 15.7 Å². The van der Waals surface area contributed by atoms with Crippen LogP contribution >= 0.6 is 23.2 Å². The van der Waals surface area contributed by atoms with Gasteiger partial charge in [-0.1, -0.05) is 53.0 Å². The Labute approximate surface area is 155 Å². The third-order valence-electron chi connectivity index (χ3n) is 3.93. The molecule has 0 spiro atoms. The van der Waals surface area contributed by atoms with Gasteiger partial charge in [0.15, 0.2) is 5.69 Å². The molecule has 0 atom stereocenters. The summed E-state index contributed by atoms with van der Waals surface area (Å²) in [6.45, 7) is 3.84. The van der Waals surface area contributed by atoms with Gasteiger partial charge in [0, 0.05) is 16.1 Å². The van der Waals surface area contributed by atoms with Crippen molar-refractivity contribution in [3.63, 3.8) is 0 Å². The second-order valence-corrected chi connectivity index (χ2v) is 6.51. The first-order valence-corrected chi connectivity index (χ1v) is 8.31. The van der Waals surface area contributed by atoms with Gasteiger partial charge in [-0.2, -0.15) is 5.10 Å². The Kier molecular flexibility index (Phi) is 4.81. The maximum absolute atomic E-state index is 12.1. The summed E-state index contributed by atoms with van der Waals surface area (Å²) in [4.78, 5) is 12.1. The van der Waals surface area contributed by atoms with Crippen LogP contribution in [0.2, 0.25) is 10.0 Å². The molecule has 1 aromatic heterocycles. The number of hydrogen-bond donors (Lipinski definition) is 2. The molecule has 0 aliphatic heterocycles. The molecule has 0 saturated carbocycles. The maximum Gasteiger partial charge on any atom is 0.285 e. The standard InChI is InChI=1S/C18H16Cl2N4O/c1-10-3-5-12(6-4-10)17-11(2)16(18(25)22-21)23-24(17)15-8-7-13(19)9-14(15)20/h3-9H,21H2,1-2H3,(H,22,25). The van der Waals surface area contributed by atoms with Crippen molar-refractivity contribution in [1.29, 1.82) is 0 Å². The van der Waals surface area contributed by atoms with E-state index in [1.165, 1.54) is 0 Å². The molecule has 7 heteroatoms. The summed E-state index contributed by atoms with van der Waals surface area (Å²) < 4.78 is 1.64. The molecule has 1 heterocycles. The van der Waals surface area contributed by atoms with Crippen LogP contribution in [0.3, 0.4) is 0 Å². The molecule has 3 aromatic rings. The number of rotatable bonds is 3. The third-order valence-corrected chi connectivity index (χ3v) is 4.47. The van der Waals surface area contributed by atoms with E-state index in [4.69, 9.17) is 29.0 Å². The molecule has 0 unspecified atom stereocenters. The fourth-order valence-electron chi connectivity index (χ4n) is 2.66. The van der Waals surface area contributed by atoms with Gasteiger partial charge >= 0.3 is 0 Å². The topological polar surface area (TPSA) is 72.9 Å². The minimum Gasteiger partial charge on any atom is -0.289 e. The predicted molar refractivity (Wildman–Crippen MR) is 100 cm³/mol. The van der Waals surface area contributed by atoms with E-state index in [1.54, 1.807) is 22.9 Å². The summed E-state index contributed by atoms with van der Waals surface area (Å²) in [5.74, 6) is 4.82. The summed E-state index contributed by atoms with van der Waals surface area (Å²) in [6.07, 6.45) is 0. The third kappa shape index (κ3) is 3.26. The van der Waals surface area contributed by atoms with E-state index < -0.39 is 5.91 Å². The van der Waals surface area contributed by atoms with Crippen LogP contribution in [0.1, 0.15) is 21.6 Å². The number of aromatic nitrogens is 2. The minimum atomic E-state index is -0.463. The highest BCUT2D eigenvalue weighted by molar-refractivity contribution is 6.35. The Morgan fingerprint density at radius 1 is 1.12 bits per heavy atom. The lowest BCUT2D eigenvalue weighted by Gasteiger charge is -2.11. The Morgan fingerprint density at radius 2 is 1.80 bits per heavy atom. The second kappa shape index (κ2) is 6.88. The molecule has 0 radical (unpaired) electrons. The molecule has 0 saturated heterocycles. The van der Waals surface area contributed by atoms with Crippen LogP contribution in [0.25, 0.3) is 16.9 Å². The first-order valence-electron chi connectivity index (χ1n) is 7.55. The zero-order chi connectivity index (χ0) is 18.1. The fourth-order valence-corrected chi connectivity index (χ4v) is 3.15. The van der Waals surface area contributed by atoms with Crippen molar-refractivity contribution in [1.82, 2.24) is 15.2 Å². The number of carbonyl (C=O) groups is 1. The number of halogens is 2. The van der Waals surface area contributed by atoms with E-state index >= 15 is 0 Å².